The molecule has 1 aromatic carbocycles. The molecule has 0 fully saturated rings. The lowest BCUT2D eigenvalue weighted by Gasteiger charge is -2.17. The van der Waals surface area contributed by atoms with Crippen LogP contribution in [-0.4, -0.2) is 52.7 Å². The van der Waals surface area contributed by atoms with Crippen LogP contribution in [0.4, 0.5) is 10.5 Å². The summed E-state index contributed by atoms with van der Waals surface area (Å²) in [5.41, 5.74) is 0.291. The van der Waals surface area contributed by atoms with Gasteiger partial charge in [0, 0.05) is 23.6 Å². The molecule has 0 radical (unpaired) electrons. The third kappa shape index (κ3) is 7.65. The van der Waals surface area contributed by atoms with Crippen LogP contribution in [0.5, 0.6) is 11.5 Å². The Hall–Kier alpha value is -2.62. The van der Waals surface area contributed by atoms with Crippen LogP contribution in [0, 0.1) is 0 Å². The maximum absolute atomic E-state index is 11.9. The molecule has 1 rings (SSSR count). The number of aromatic hydroxyl groups is 1. The fraction of sp³-hybridized carbons (Fsp3) is 0.471. The highest BCUT2D eigenvalue weighted by Gasteiger charge is 2.21. The largest absolute Gasteiger partial charge is 0.504 e. The summed E-state index contributed by atoms with van der Waals surface area (Å²) in [4.78, 5) is 34.7. The number of benzene rings is 1. The highest BCUT2D eigenvalue weighted by atomic mass is 32.2. The topological polar surface area (TPSA) is 134 Å². The van der Waals surface area contributed by atoms with Crippen molar-refractivity contribution >= 4 is 35.4 Å². The molecule has 150 valence electrons. The van der Waals surface area contributed by atoms with Crippen molar-refractivity contribution in [2.45, 2.75) is 44.7 Å². The monoisotopic (exact) mass is 400 g/mol. The van der Waals surface area contributed by atoms with Crippen LogP contribution < -0.4 is 15.4 Å². The molecule has 0 aliphatic rings. The summed E-state index contributed by atoms with van der Waals surface area (Å²) in [6.45, 7) is 6.66. The number of hydrogen-bond donors (Lipinski definition) is 4. The number of hydrogen-bond acceptors (Lipinski definition) is 7. The van der Waals surface area contributed by atoms with E-state index in [2.05, 4.69) is 10.6 Å². The van der Waals surface area contributed by atoms with E-state index in [1.807, 2.05) is 0 Å². The van der Waals surface area contributed by atoms with Crippen LogP contribution in [-0.2, 0) is 14.3 Å². The number of aliphatic carboxylic acids is 1. The van der Waals surface area contributed by atoms with Gasteiger partial charge in [0.15, 0.2) is 11.5 Å². The SMILES string of the molecule is CCOc1cc(NC(=O)OC(C)C)c(SCC(NC(C)=O)C(=O)O)cc1O. The molecule has 0 saturated carbocycles. The molecular weight excluding hydrogens is 376 g/mol. The van der Waals surface area contributed by atoms with Crippen molar-refractivity contribution in [3.8, 4) is 11.5 Å². The first-order valence-electron chi connectivity index (χ1n) is 8.24. The van der Waals surface area contributed by atoms with Crippen LogP contribution in [0.15, 0.2) is 17.0 Å². The molecule has 1 aromatic rings. The Balaban J connectivity index is 3.07. The van der Waals surface area contributed by atoms with Gasteiger partial charge in [-0.15, -0.1) is 11.8 Å². The van der Waals surface area contributed by atoms with Crippen molar-refractivity contribution in [3.63, 3.8) is 0 Å². The average molecular weight is 400 g/mol. The molecule has 1 unspecified atom stereocenters. The minimum absolute atomic E-state index is 0.0176. The van der Waals surface area contributed by atoms with Gasteiger partial charge in [0.05, 0.1) is 18.4 Å². The number of anilines is 1. The number of rotatable bonds is 9. The Morgan fingerprint density at radius 2 is 1.93 bits per heavy atom. The van der Waals surface area contributed by atoms with E-state index in [0.717, 1.165) is 11.8 Å². The first kappa shape index (κ1) is 22.4. The lowest BCUT2D eigenvalue weighted by atomic mass is 10.2. The average Bonchev–Trinajstić information content (AvgIpc) is 2.53. The van der Waals surface area contributed by atoms with Gasteiger partial charge in [-0.05, 0) is 26.8 Å². The number of amides is 2. The van der Waals surface area contributed by atoms with Gasteiger partial charge in [-0.3, -0.25) is 10.1 Å². The summed E-state index contributed by atoms with van der Waals surface area (Å²) in [7, 11) is 0. The predicted octanol–water partition coefficient (Wildman–Crippen LogP) is 2.43. The summed E-state index contributed by atoms with van der Waals surface area (Å²) < 4.78 is 10.4. The van der Waals surface area contributed by atoms with E-state index >= 15 is 0 Å². The maximum Gasteiger partial charge on any atom is 0.411 e. The number of carbonyl (C=O) groups is 3. The molecule has 0 aliphatic carbocycles. The zero-order valence-corrected chi connectivity index (χ0v) is 16.4. The quantitative estimate of drug-likeness (QED) is 0.367. The van der Waals surface area contributed by atoms with E-state index in [4.69, 9.17) is 9.47 Å². The fourth-order valence-electron chi connectivity index (χ4n) is 1.98. The summed E-state index contributed by atoms with van der Waals surface area (Å²) in [5.74, 6) is -1.68. The Labute approximate surface area is 161 Å². The third-order valence-electron chi connectivity index (χ3n) is 3.02. The van der Waals surface area contributed by atoms with Gasteiger partial charge in [-0.2, -0.15) is 0 Å². The second-order valence-electron chi connectivity index (χ2n) is 5.73. The van der Waals surface area contributed by atoms with Crippen LogP contribution in [0.25, 0.3) is 0 Å². The van der Waals surface area contributed by atoms with Crippen molar-refractivity contribution in [2.75, 3.05) is 17.7 Å². The molecule has 1 atom stereocenters. The highest BCUT2D eigenvalue weighted by molar-refractivity contribution is 7.99. The third-order valence-corrected chi connectivity index (χ3v) is 4.17. The van der Waals surface area contributed by atoms with Crippen LogP contribution in [0.2, 0.25) is 0 Å². The van der Waals surface area contributed by atoms with Gasteiger partial charge < -0.3 is 25.0 Å². The first-order chi connectivity index (χ1) is 12.6. The standard InChI is InChI=1S/C17H24N2O7S/c1-5-25-14-6-11(19-17(24)26-9(2)3)15(7-13(14)21)27-8-12(16(22)23)18-10(4)20/h6-7,9,12,21H,5,8H2,1-4H3,(H,18,20)(H,19,24)(H,22,23). The summed E-state index contributed by atoms with van der Waals surface area (Å²) in [6, 6.07) is 1.65. The summed E-state index contributed by atoms with van der Waals surface area (Å²) in [5, 5.41) is 24.2. The summed E-state index contributed by atoms with van der Waals surface area (Å²) >= 11 is 1.05. The zero-order chi connectivity index (χ0) is 20.6. The van der Waals surface area contributed by atoms with Gasteiger partial charge in [-0.1, -0.05) is 0 Å². The van der Waals surface area contributed by atoms with Gasteiger partial charge >= 0.3 is 12.1 Å². The molecule has 0 aromatic heterocycles. The van der Waals surface area contributed by atoms with Crippen LogP contribution in [0.3, 0.4) is 0 Å². The van der Waals surface area contributed by atoms with Gasteiger partial charge in [0.2, 0.25) is 5.91 Å². The maximum atomic E-state index is 11.9. The van der Waals surface area contributed by atoms with E-state index in [-0.39, 0.29) is 23.4 Å². The first-order valence-corrected chi connectivity index (χ1v) is 9.22. The van der Waals surface area contributed by atoms with Crippen LogP contribution in [0.1, 0.15) is 27.7 Å². The minimum atomic E-state index is -1.19. The summed E-state index contributed by atoms with van der Waals surface area (Å²) in [6.07, 6.45) is -1.03. The second-order valence-corrected chi connectivity index (χ2v) is 6.79. The predicted molar refractivity (Wildman–Crippen MR) is 100 cm³/mol. The number of phenols is 1. The minimum Gasteiger partial charge on any atom is -0.504 e. The van der Waals surface area contributed by atoms with Gasteiger partial charge in [0.1, 0.15) is 6.04 Å². The Morgan fingerprint density at radius 3 is 2.44 bits per heavy atom. The Morgan fingerprint density at radius 1 is 1.26 bits per heavy atom. The number of carboxylic acids is 1. The number of carbonyl (C=O) groups excluding carboxylic acids is 2. The van der Waals surface area contributed by atoms with E-state index < -0.39 is 24.0 Å². The van der Waals surface area contributed by atoms with E-state index in [0.29, 0.717) is 17.2 Å². The molecule has 0 bridgehead atoms. The number of phenolic OH excluding ortho intramolecular Hbond substituents is 1. The van der Waals surface area contributed by atoms with E-state index in [1.54, 1.807) is 20.8 Å². The van der Waals surface area contributed by atoms with Crippen molar-refractivity contribution in [2.24, 2.45) is 0 Å². The number of carboxylic acid groups (broad SMARTS) is 1. The van der Waals surface area contributed by atoms with Crippen molar-refractivity contribution < 1.29 is 34.1 Å². The molecular formula is C17H24N2O7S. The Kier molecular flexibility index (Phi) is 8.73. The molecule has 9 nitrogen and oxygen atoms in total. The molecule has 0 spiro atoms. The number of ether oxygens (including phenoxy) is 2. The Bertz CT molecular complexity index is 694. The van der Waals surface area contributed by atoms with Crippen molar-refractivity contribution in [1.82, 2.24) is 5.32 Å². The molecule has 2 amide bonds. The molecule has 0 saturated heterocycles. The molecule has 27 heavy (non-hydrogen) atoms. The van der Waals surface area contributed by atoms with Crippen molar-refractivity contribution in [3.05, 3.63) is 12.1 Å². The number of nitrogens with one attached hydrogen (secondary N) is 2. The highest BCUT2D eigenvalue weighted by Crippen LogP contribution is 2.38. The normalized spacial score (nSPS) is 11.6. The number of thioether (sulfide) groups is 1. The van der Waals surface area contributed by atoms with Crippen LogP contribution >= 0.6 is 11.8 Å². The van der Waals surface area contributed by atoms with E-state index in [9.17, 15) is 24.6 Å². The smallest absolute Gasteiger partial charge is 0.411 e. The molecule has 10 heteroatoms. The zero-order valence-electron chi connectivity index (χ0n) is 15.6. The molecule has 0 heterocycles. The van der Waals surface area contributed by atoms with Gasteiger partial charge in [-0.25, -0.2) is 9.59 Å². The molecule has 4 N–H and O–H groups in total. The lowest BCUT2D eigenvalue weighted by molar-refractivity contribution is -0.140. The molecule has 0 aliphatic heterocycles. The van der Waals surface area contributed by atoms with Crippen molar-refractivity contribution in [1.29, 1.82) is 0 Å². The lowest BCUT2D eigenvalue weighted by Crippen LogP contribution is -2.41. The fourth-order valence-corrected chi connectivity index (χ4v) is 3.02. The second kappa shape index (κ2) is 10.5. The van der Waals surface area contributed by atoms with E-state index in [1.165, 1.54) is 19.1 Å². The van der Waals surface area contributed by atoms with Gasteiger partial charge in [0.25, 0.3) is 0 Å².